The molecular formula is C22H25NO5. The molecule has 6 heteroatoms. The van der Waals surface area contributed by atoms with E-state index in [1.54, 1.807) is 24.3 Å². The summed E-state index contributed by atoms with van der Waals surface area (Å²) < 4.78 is 16.3. The van der Waals surface area contributed by atoms with E-state index < -0.39 is 5.97 Å². The average molecular weight is 383 g/mol. The van der Waals surface area contributed by atoms with Gasteiger partial charge in [0.2, 0.25) is 0 Å². The summed E-state index contributed by atoms with van der Waals surface area (Å²) in [6.45, 7) is 3.36. The van der Waals surface area contributed by atoms with E-state index in [9.17, 15) is 9.59 Å². The predicted octanol–water partition coefficient (Wildman–Crippen LogP) is 3.03. The first kappa shape index (κ1) is 19.9. The topological polar surface area (TPSA) is 73.9 Å². The molecule has 0 radical (unpaired) electrons. The third-order valence-corrected chi connectivity index (χ3v) is 4.62. The van der Waals surface area contributed by atoms with Crippen LogP contribution in [0.4, 0.5) is 0 Å². The number of amides is 1. The van der Waals surface area contributed by atoms with Crippen molar-refractivity contribution in [2.75, 3.05) is 19.8 Å². The molecule has 1 saturated heterocycles. The van der Waals surface area contributed by atoms with E-state index in [1.807, 2.05) is 31.2 Å². The van der Waals surface area contributed by atoms with Crippen LogP contribution in [0.1, 0.15) is 34.3 Å². The van der Waals surface area contributed by atoms with E-state index in [1.165, 1.54) is 0 Å². The molecule has 0 aliphatic carbocycles. The first-order chi connectivity index (χ1) is 13.6. The number of carbonyl (C=O) groups is 2. The highest BCUT2D eigenvalue weighted by molar-refractivity contribution is 5.91. The third kappa shape index (κ3) is 5.82. The second kappa shape index (κ2) is 9.90. The van der Waals surface area contributed by atoms with Crippen LogP contribution in [0.25, 0.3) is 0 Å². The Hall–Kier alpha value is -2.86. The lowest BCUT2D eigenvalue weighted by molar-refractivity contribution is -0.124. The molecule has 1 atom stereocenters. The normalized spacial score (nSPS) is 15.8. The van der Waals surface area contributed by atoms with Gasteiger partial charge in [-0.05, 0) is 55.2 Å². The van der Waals surface area contributed by atoms with Gasteiger partial charge in [-0.3, -0.25) is 4.79 Å². The van der Waals surface area contributed by atoms with Gasteiger partial charge < -0.3 is 19.5 Å². The quantitative estimate of drug-likeness (QED) is 0.710. The minimum atomic E-state index is -0.545. The van der Waals surface area contributed by atoms with Crippen molar-refractivity contribution in [2.45, 2.75) is 32.4 Å². The van der Waals surface area contributed by atoms with E-state index in [4.69, 9.17) is 14.2 Å². The smallest absolute Gasteiger partial charge is 0.338 e. The fourth-order valence-corrected chi connectivity index (χ4v) is 2.92. The second-order valence-electron chi connectivity index (χ2n) is 6.75. The SMILES string of the molecule is Cc1ccccc1CNC(=O)COC(=O)c1ccc(OC[C@@H]2CCCO2)cc1. The summed E-state index contributed by atoms with van der Waals surface area (Å²) in [6.07, 6.45) is 2.22. The molecule has 0 saturated carbocycles. The Balaban J connectivity index is 1.40. The Morgan fingerprint density at radius 1 is 1.14 bits per heavy atom. The molecular weight excluding hydrogens is 358 g/mol. The van der Waals surface area contributed by atoms with E-state index >= 15 is 0 Å². The monoisotopic (exact) mass is 383 g/mol. The molecule has 148 valence electrons. The maximum atomic E-state index is 12.1. The van der Waals surface area contributed by atoms with E-state index in [-0.39, 0.29) is 18.6 Å². The van der Waals surface area contributed by atoms with E-state index in [2.05, 4.69) is 5.32 Å². The number of benzene rings is 2. The third-order valence-electron chi connectivity index (χ3n) is 4.62. The lowest BCUT2D eigenvalue weighted by Gasteiger charge is -2.11. The molecule has 2 aromatic carbocycles. The lowest BCUT2D eigenvalue weighted by atomic mass is 10.1. The summed E-state index contributed by atoms with van der Waals surface area (Å²) in [5.74, 6) is -0.215. The summed E-state index contributed by atoms with van der Waals surface area (Å²) in [6, 6.07) is 14.5. The second-order valence-corrected chi connectivity index (χ2v) is 6.75. The van der Waals surface area contributed by atoms with Crippen molar-refractivity contribution in [2.24, 2.45) is 0 Å². The largest absolute Gasteiger partial charge is 0.491 e. The Morgan fingerprint density at radius 2 is 1.93 bits per heavy atom. The van der Waals surface area contributed by atoms with Crippen LogP contribution >= 0.6 is 0 Å². The van der Waals surface area contributed by atoms with Crippen LogP contribution in [0.3, 0.4) is 0 Å². The number of hydrogen-bond acceptors (Lipinski definition) is 5. The number of rotatable bonds is 8. The highest BCUT2D eigenvalue weighted by Gasteiger charge is 2.16. The molecule has 28 heavy (non-hydrogen) atoms. The Morgan fingerprint density at radius 3 is 2.64 bits per heavy atom. The molecule has 1 aliphatic rings. The summed E-state index contributed by atoms with van der Waals surface area (Å²) in [5.41, 5.74) is 2.50. The fraction of sp³-hybridized carbons (Fsp3) is 0.364. The first-order valence-corrected chi connectivity index (χ1v) is 9.44. The predicted molar refractivity (Wildman–Crippen MR) is 104 cm³/mol. The molecule has 6 nitrogen and oxygen atoms in total. The Labute approximate surface area is 164 Å². The van der Waals surface area contributed by atoms with Crippen molar-refractivity contribution in [1.82, 2.24) is 5.32 Å². The van der Waals surface area contributed by atoms with Crippen LogP contribution in [0.15, 0.2) is 48.5 Å². The maximum Gasteiger partial charge on any atom is 0.338 e. The highest BCUT2D eigenvalue weighted by atomic mass is 16.5. The molecule has 0 spiro atoms. The van der Waals surface area contributed by atoms with Gasteiger partial charge in [0.25, 0.3) is 5.91 Å². The van der Waals surface area contributed by atoms with Gasteiger partial charge in [0, 0.05) is 13.2 Å². The minimum absolute atomic E-state index is 0.142. The average Bonchev–Trinajstić information content (AvgIpc) is 3.24. The van der Waals surface area contributed by atoms with Gasteiger partial charge in [-0.1, -0.05) is 24.3 Å². The summed E-state index contributed by atoms with van der Waals surface area (Å²) in [4.78, 5) is 24.0. The zero-order chi connectivity index (χ0) is 19.8. The van der Waals surface area contributed by atoms with Crippen molar-refractivity contribution in [1.29, 1.82) is 0 Å². The Kier molecular flexibility index (Phi) is 7.03. The summed E-state index contributed by atoms with van der Waals surface area (Å²) in [5, 5.41) is 2.75. The minimum Gasteiger partial charge on any atom is -0.491 e. The van der Waals surface area contributed by atoms with Crippen LogP contribution in [-0.2, 0) is 20.8 Å². The molecule has 1 aliphatic heterocycles. The fourth-order valence-electron chi connectivity index (χ4n) is 2.92. The van der Waals surface area contributed by atoms with Gasteiger partial charge in [0.1, 0.15) is 12.4 Å². The van der Waals surface area contributed by atoms with Crippen LogP contribution in [0.2, 0.25) is 0 Å². The zero-order valence-electron chi connectivity index (χ0n) is 16.0. The van der Waals surface area contributed by atoms with Crippen molar-refractivity contribution >= 4 is 11.9 Å². The van der Waals surface area contributed by atoms with E-state index in [0.29, 0.717) is 24.5 Å². The van der Waals surface area contributed by atoms with E-state index in [0.717, 1.165) is 30.6 Å². The first-order valence-electron chi connectivity index (χ1n) is 9.44. The van der Waals surface area contributed by atoms with Gasteiger partial charge in [0.05, 0.1) is 11.7 Å². The molecule has 1 fully saturated rings. The van der Waals surface area contributed by atoms with Crippen LogP contribution in [-0.4, -0.2) is 37.8 Å². The van der Waals surface area contributed by atoms with Gasteiger partial charge in [0.15, 0.2) is 6.61 Å². The van der Waals surface area contributed by atoms with Crippen molar-refractivity contribution < 1.29 is 23.8 Å². The molecule has 1 heterocycles. The van der Waals surface area contributed by atoms with Crippen LogP contribution < -0.4 is 10.1 Å². The van der Waals surface area contributed by atoms with Gasteiger partial charge >= 0.3 is 5.97 Å². The number of aryl methyl sites for hydroxylation is 1. The molecule has 2 aromatic rings. The number of ether oxygens (including phenoxy) is 3. The van der Waals surface area contributed by atoms with Crippen molar-refractivity contribution in [3.63, 3.8) is 0 Å². The molecule has 3 rings (SSSR count). The molecule has 0 aromatic heterocycles. The maximum absolute atomic E-state index is 12.1. The summed E-state index contributed by atoms with van der Waals surface area (Å²) >= 11 is 0. The lowest BCUT2D eigenvalue weighted by Crippen LogP contribution is -2.28. The van der Waals surface area contributed by atoms with Crippen molar-refractivity contribution in [3.05, 3.63) is 65.2 Å². The number of hydrogen-bond donors (Lipinski definition) is 1. The highest BCUT2D eigenvalue weighted by Crippen LogP contribution is 2.17. The molecule has 1 N–H and O–H groups in total. The van der Waals surface area contributed by atoms with Gasteiger partial charge in [-0.15, -0.1) is 0 Å². The summed E-state index contributed by atoms with van der Waals surface area (Å²) in [7, 11) is 0. The molecule has 0 unspecified atom stereocenters. The van der Waals surface area contributed by atoms with Crippen molar-refractivity contribution in [3.8, 4) is 5.75 Å². The molecule has 0 bridgehead atoms. The Bertz CT molecular complexity index is 797. The van der Waals surface area contributed by atoms with Crippen LogP contribution in [0.5, 0.6) is 5.75 Å². The zero-order valence-corrected chi connectivity index (χ0v) is 16.0. The number of carbonyl (C=O) groups excluding carboxylic acids is 2. The van der Waals surface area contributed by atoms with Gasteiger partial charge in [-0.2, -0.15) is 0 Å². The molecule has 1 amide bonds. The number of esters is 1. The van der Waals surface area contributed by atoms with Gasteiger partial charge in [-0.25, -0.2) is 4.79 Å². The van der Waals surface area contributed by atoms with Crippen LogP contribution in [0, 0.1) is 6.92 Å². The number of nitrogens with one attached hydrogen (secondary N) is 1. The standard InChI is InChI=1S/C22H25NO5/c1-16-5-2-3-6-18(16)13-23-21(24)15-28-22(25)17-8-10-19(11-9-17)27-14-20-7-4-12-26-20/h2-3,5-6,8-11,20H,4,7,12-15H2,1H3,(H,23,24)/t20-/m0/s1.